The highest BCUT2D eigenvalue weighted by molar-refractivity contribution is 6.04. The van der Waals surface area contributed by atoms with Crippen molar-refractivity contribution in [3.63, 3.8) is 0 Å². The molecular weight excluding hydrogens is 458 g/mol. The first-order valence-corrected chi connectivity index (χ1v) is 12.0. The zero-order valence-electron chi connectivity index (χ0n) is 19.9. The van der Waals surface area contributed by atoms with E-state index in [9.17, 15) is 14.4 Å². The molecule has 36 heavy (non-hydrogen) atoms. The lowest BCUT2D eigenvalue weighted by Gasteiger charge is -2.32. The van der Waals surface area contributed by atoms with Crippen LogP contribution in [0.5, 0.6) is 11.5 Å². The van der Waals surface area contributed by atoms with Crippen LogP contribution in [-0.4, -0.2) is 44.4 Å². The number of primary amides is 1. The number of piperidine rings is 1. The summed E-state index contributed by atoms with van der Waals surface area (Å²) in [6.45, 7) is 3.09. The van der Waals surface area contributed by atoms with Crippen molar-refractivity contribution in [2.24, 2.45) is 5.73 Å². The largest absolute Gasteiger partial charge is 0.457 e. The van der Waals surface area contributed by atoms with Gasteiger partial charge in [0.1, 0.15) is 28.4 Å². The van der Waals surface area contributed by atoms with Crippen molar-refractivity contribution >= 4 is 17.5 Å². The number of carbonyl (C=O) groups is 2. The lowest BCUT2D eigenvalue weighted by atomic mass is 9.93. The van der Waals surface area contributed by atoms with E-state index in [0.29, 0.717) is 60.8 Å². The number of amides is 2. The van der Waals surface area contributed by atoms with Crippen molar-refractivity contribution in [2.75, 3.05) is 13.1 Å². The standard InChI is InChI=1S/C27H27N5O4/c1-2-23(34)31-14-12-17(13-15-31)21-16-22(33)29-27-24(26(28)35)25(30-32(21)27)18-8-10-20(11-9-18)36-19-6-4-3-5-7-19/h3-11,16-17H,2,12-15H2,1H3,(H2,28,35)(H,29,33). The van der Waals surface area contributed by atoms with Crippen LogP contribution in [0.15, 0.2) is 65.5 Å². The van der Waals surface area contributed by atoms with Crippen molar-refractivity contribution in [1.82, 2.24) is 19.5 Å². The van der Waals surface area contributed by atoms with Crippen molar-refractivity contribution in [1.29, 1.82) is 0 Å². The SMILES string of the molecule is CCC(=O)N1CCC(c2cc(=O)[nH]c3c(C(N)=O)c(-c4ccc(Oc5ccccc5)cc4)nn23)CC1. The second-order valence-corrected chi connectivity index (χ2v) is 8.85. The number of nitrogens with one attached hydrogen (secondary N) is 1. The Hall–Kier alpha value is -4.40. The van der Waals surface area contributed by atoms with E-state index >= 15 is 0 Å². The van der Waals surface area contributed by atoms with Crippen LogP contribution >= 0.6 is 0 Å². The molecule has 0 radical (unpaired) electrons. The number of hydrogen-bond donors (Lipinski definition) is 2. The first-order chi connectivity index (χ1) is 17.4. The molecule has 2 amide bonds. The van der Waals surface area contributed by atoms with E-state index in [-0.39, 0.29) is 28.6 Å². The molecule has 4 aromatic rings. The number of para-hydroxylation sites is 1. The summed E-state index contributed by atoms with van der Waals surface area (Å²) in [7, 11) is 0. The summed E-state index contributed by atoms with van der Waals surface area (Å²) < 4.78 is 7.48. The number of likely N-dealkylation sites (tertiary alicyclic amines) is 1. The molecule has 9 nitrogen and oxygen atoms in total. The minimum atomic E-state index is -0.680. The Morgan fingerprint density at radius 2 is 1.72 bits per heavy atom. The van der Waals surface area contributed by atoms with Crippen LogP contribution in [0.1, 0.15) is 48.2 Å². The number of carbonyl (C=O) groups excluding carboxylic acids is 2. The zero-order chi connectivity index (χ0) is 25.2. The number of nitrogens with zero attached hydrogens (tertiary/aromatic N) is 3. The number of fused-ring (bicyclic) bond motifs is 1. The van der Waals surface area contributed by atoms with Gasteiger partial charge in [-0.05, 0) is 49.2 Å². The molecule has 0 saturated carbocycles. The highest BCUT2D eigenvalue weighted by atomic mass is 16.5. The van der Waals surface area contributed by atoms with Gasteiger partial charge in [0, 0.05) is 37.1 Å². The number of aromatic amines is 1. The Balaban J connectivity index is 1.51. The van der Waals surface area contributed by atoms with Crippen LogP contribution in [0.4, 0.5) is 0 Å². The number of ether oxygens (including phenoxy) is 1. The summed E-state index contributed by atoms with van der Waals surface area (Å²) in [5.74, 6) is 0.815. The molecule has 5 rings (SSSR count). The normalized spacial score (nSPS) is 14.2. The van der Waals surface area contributed by atoms with Crippen molar-refractivity contribution in [2.45, 2.75) is 32.1 Å². The third-order valence-electron chi connectivity index (χ3n) is 6.57. The number of nitrogens with two attached hydrogens (primary N) is 1. The minimum absolute atomic E-state index is 0.0193. The van der Waals surface area contributed by atoms with E-state index in [1.807, 2.05) is 42.2 Å². The summed E-state index contributed by atoms with van der Waals surface area (Å²) >= 11 is 0. The molecule has 2 aromatic heterocycles. The molecule has 0 bridgehead atoms. The van der Waals surface area contributed by atoms with Gasteiger partial charge in [-0.1, -0.05) is 25.1 Å². The first-order valence-electron chi connectivity index (χ1n) is 12.0. The molecule has 1 aliphatic rings. The predicted molar refractivity (Wildman–Crippen MR) is 135 cm³/mol. The zero-order valence-corrected chi connectivity index (χ0v) is 19.9. The summed E-state index contributed by atoms with van der Waals surface area (Å²) in [5, 5.41) is 4.73. The fourth-order valence-electron chi connectivity index (χ4n) is 4.75. The molecule has 1 aliphatic heterocycles. The van der Waals surface area contributed by atoms with Gasteiger partial charge in [-0.15, -0.1) is 0 Å². The van der Waals surface area contributed by atoms with Gasteiger partial charge in [-0.3, -0.25) is 14.4 Å². The van der Waals surface area contributed by atoms with Crippen LogP contribution in [0.3, 0.4) is 0 Å². The van der Waals surface area contributed by atoms with E-state index < -0.39 is 5.91 Å². The summed E-state index contributed by atoms with van der Waals surface area (Å²) in [5.41, 5.74) is 7.62. The number of aromatic nitrogens is 3. The molecule has 1 saturated heterocycles. The van der Waals surface area contributed by atoms with Gasteiger partial charge in [0.05, 0.1) is 5.69 Å². The van der Waals surface area contributed by atoms with Crippen LogP contribution in [0.2, 0.25) is 0 Å². The molecule has 9 heteroatoms. The average Bonchev–Trinajstić information content (AvgIpc) is 3.28. The van der Waals surface area contributed by atoms with E-state index in [2.05, 4.69) is 4.98 Å². The van der Waals surface area contributed by atoms with E-state index in [4.69, 9.17) is 15.6 Å². The van der Waals surface area contributed by atoms with Crippen LogP contribution < -0.4 is 16.0 Å². The van der Waals surface area contributed by atoms with Gasteiger partial charge >= 0.3 is 0 Å². The van der Waals surface area contributed by atoms with Gasteiger partial charge in [-0.25, -0.2) is 4.52 Å². The van der Waals surface area contributed by atoms with E-state index in [0.717, 1.165) is 0 Å². The fraction of sp³-hybridized carbons (Fsp3) is 0.259. The van der Waals surface area contributed by atoms with Crippen LogP contribution in [0.25, 0.3) is 16.9 Å². The molecule has 1 fully saturated rings. The maximum atomic E-state index is 12.6. The van der Waals surface area contributed by atoms with Crippen LogP contribution in [-0.2, 0) is 4.79 Å². The Morgan fingerprint density at radius 1 is 1.06 bits per heavy atom. The van der Waals surface area contributed by atoms with Crippen molar-refractivity contribution in [3.05, 3.63) is 82.3 Å². The maximum Gasteiger partial charge on any atom is 0.254 e. The topological polar surface area (TPSA) is 123 Å². The van der Waals surface area contributed by atoms with Crippen molar-refractivity contribution < 1.29 is 14.3 Å². The molecule has 3 heterocycles. The summed E-state index contributed by atoms with van der Waals surface area (Å²) in [6.07, 6.45) is 1.88. The third kappa shape index (κ3) is 4.47. The monoisotopic (exact) mass is 485 g/mol. The second-order valence-electron chi connectivity index (χ2n) is 8.85. The molecule has 0 spiro atoms. The lowest BCUT2D eigenvalue weighted by molar-refractivity contribution is -0.131. The predicted octanol–water partition coefficient (Wildman–Crippen LogP) is 3.70. The summed E-state index contributed by atoms with van der Waals surface area (Å²) in [4.78, 5) is 41.8. The van der Waals surface area contributed by atoms with Gasteiger partial charge in [-0.2, -0.15) is 5.10 Å². The Labute approximate surface area is 207 Å². The number of hydrogen-bond acceptors (Lipinski definition) is 5. The van der Waals surface area contributed by atoms with Gasteiger partial charge < -0.3 is 20.4 Å². The molecule has 3 N–H and O–H groups in total. The molecule has 184 valence electrons. The second kappa shape index (κ2) is 9.69. The van der Waals surface area contributed by atoms with Crippen LogP contribution in [0, 0.1) is 0 Å². The Kier molecular flexibility index (Phi) is 6.28. The Bertz CT molecular complexity index is 1470. The molecule has 0 atom stereocenters. The molecule has 2 aromatic carbocycles. The minimum Gasteiger partial charge on any atom is -0.457 e. The smallest absolute Gasteiger partial charge is 0.254 e. The quantitative estimate of drug-likeness (QED) is 0.431. The lowest BCUT2D eigenvalue weighted by Crippen LogP contribution is -2.38. The van der Waals surface area contributed by atoms with E-state index in [1.54, 1.807) is 28.8 Å². The highest BCUT2D eigenvalue weighted by Crippen LogP contribution is 2.32. The number of benzene rings is 2. The highest BCUT2D eigenvalue weighted by Gasteiger charge is 2.28. The number of H-pyrrole nitrogens is 1. The molecule has 0 aliphatic carbocycles. The van der Waals surface area contributed by atoms with Gasteiger partial charge in [0.2, 0.25) is 5.91 Å². The average molecular weight is 486 g/mol. The fourth-order valence-corrected chi connectivity index (χ4v) is 4.75. The van der Waals surface area contributed by atoms with Gasteiger partial charge in [0.15, 0.2) is 0 Å². The third-order valence-corrected chi connectivity index (χ3v) is 6.57. The van der Waals surface area contributed by atoms with Crippen molar-refractivity contribution in [3.8, 4) is 22.8 Å². The van der Waals surface area contributed by atoms with E-state index in [1.165, 1.54) is 6.07 Å². The maximum absolute atomic E-state index is 12.6. The van der Waals surface area contributed by atoms with Gasteiger partial charge in [0.25, 0.3) is 11.5 Å². The molecular formula is C27H27N5O4. The summed E-state index contributed by atoms with van der Waals surface area (Å²) in [6, 6.07) is 18.1. The first kappa shape index (κ1) is 23.3. The molecule has 0 unspecified atom stereocenters. The Morgan fingerprint density at radius 3 is 2.36 bits per heavy atom. The number of rotatable bonds is 6.